The molecule has 0 aliphatic carbocycles. The van der Waals surface area contributed by atoms with Crippen LogP contribution >= 0.6 is 0 Å². The highest BCUT2D eigenvalue weighted by Gasteiger charge is 2.23. The van der Waals surface area contributed by atoms with Crippen LogP contribution in [0.3, 0.4) is 0 Å². The highest BCUT2D eigenvalue weighted by molar-refractivity contribution is 6.05. The van der Waals surface area contributed by atoms with E-state index in [9.17, 15) is 14.4 Å². The SMILES string of the molecule is CCN(C(=O)CN(C(=O)CNC(=O)Nc1cccc(C)c1)c1ccccc1)c1ccccc1. The Labute approximate surface area is 194 Å². The Bertz CT molecular complexity index is 1090. The topological polar surface area (TPSA) is 81.8 Å². The Morgan fingerprint density at radius 1 is 0.758 bits per heavy atom. The second-order valence-corrected chi connectivity index (χ2v) is 7.47. The van der Waals surface area contributed by atoms with Gasteiger partial charge in [0.25, 0.3) is 0 Å². The number of hydrogen-bond acceptors (Lipinski definition) is 3. The van der Waals surface area contributed by atoms with Crippen molar-refractivity contribution in [3.8, 4) is 0 Å². The lowest BCUT2D eigenvalue weighted by molar-refractivity contribution is -0.122. The van der Waals surface area contributed by atoms with Crippen LogP contribution in [0.15, 0.2) is 84.9 Å². The van der Waals surface area contributed by atoms with Crippen LogP contribution in [0.1, 0.15) is 12.5 Å². The first-order valence-corrected chi connectivity index (χ1v) is 10.8. The van der Waals surface area contributed by atoms with Crippen molar-refractivity contribution in [2.24, 2.45) is 0 Å². The number of nitrogens with zero attached hydrogens (tertiary/aromatic N) is 2. The summed E-state index contributed by atoms with van der Waals surface area (Å²) in [6.45, 7) is 3.88. The maximum Gasteiger partial charge on any atom is 0.319 e. The molecular weight excluding hydrogens is 416 g/mol. The lowest BCUT2D eigenvalue weighted by Crippen LogP contribution is -2.47. The van der Waals surface area contributed by atoms with Gasteiger partial charge < -0.3 is 20.4 Å². The largest absolute Gasteiger partial charge is 0.329 e. The van der Waals surface area contributed by atoms with E-state index in [0.717, 1.165) is 11.3 Å². The minimum atomic E-state index is -0.493. The molecule has 0 saturated carbocycles. The quantitative estimate of drug-likeness (QED) is 0.546. The van der Waals surface area contributed by atoms with Crippen molar-refractivity contribution in [1.82, 2.24) is 5.32 Å². The Morgan fingerprint density at radius 3 is 1.94 bits per heavy atom. The molecule has 170 valence electrons. The predicted molar refractivity (Wildman–Crippen MR) is 131 cm³/mol. The molecule has 0 spiro atoms. The van der Waals surface area contributed by atoms with Crippen LogP contribution < -0.4 is 20.4 Å². The fourth-order valence-electron chi connectivity index (χ4n) is 3.41. The Morgan fingerprint density at radius 2 is 1.36 bits per heavy atom. The van der Waals surface area contributed by atoms with Crippen LogP contribution in [0.2, 0.25) is 0 Å². The number of hydrogen-bond donors (Lipinski definition) is 2. The second kappa shape index (κ2) is 11.5. The number of benzene rings is 3. The van der Waals surface area contributed by atoms with Crippen LogP contribution in [0, 0.1) is 6.92 Å². The van der Waals surface area contributed by atoms with Gasteiger partial charge in [-0.25, -0.2) is 4.79 Å². The molecule has 0 saturated heterocycles. The van der Waals surface area contributed by atoms with E-state index in [-0.39, 0.29) is 19.0 Å². The van der Waals surface area contributed by atoms with Gasteiger partial charge in [0.2, 0.25) is 11.8 Å². The fourth-order valence-corrected chi connectivity index (χ4v) is 3.41. The van der Waals surface area contributed by atoms with Gasteiger partial charge in [0.05, 0.1) is 6.54 Å². The molecule has 0 fully saturated rings. The van der Waals surface area contributed by atoms with E-state index in [0.29, 0.717) is 17.9 Å². The molecule has 0 aliphatic rings. The van der Waals surface area contributed by atoms with E-state index < -0.39 is 11.9 Å². The molecule has 3 aromatic carbocycles. The lowest BCUT2D eigenvalue weighted by Gasteiger charge is -2.27. The lowest BCUT2D eigenvalue weighted by atomic mass is 10.2. The Kier molecular flexibility index (Phi) is 8.18. The molecule has 0 heterocycles. The third-order valence-corrected chi connectivity index (χ3v) is 5.02. The first-order chi connectivity index (χ1) is 16.0. The van der Waals surface area contributed by atoms with Crippen molar-refractivity contribution in [2.75, 3.05) is 34.8 Å². The summed E-state index contributed by atoms with van der Waals surface area (Å²) in [7, 11) is 0. The van der Waals surface area contributed by atoms with Gasteiger partial charge in [-0.1, -0.05) is 48.5 Å². The van der Waals surface area contributed by atoms with Crippen LogP contribution in [0.5, 0.6) is 0 Å². The first-order valence-electron chi connectivity index (χ1n) is 10.8. The number of anilines is 3. The number of urea groups is 1. The molecule has 7 nitrogen and oxygen atoms in total. The summed E-state index contributed by atoms with van der Waals surface area (Å²) in [5, 5.41) is 5.29. The number of carbonyl (C=O) groups is 3. The van der Waals surface area contributed by atoms with Gasteiger partial charge in [0, 0.05) is 23.6 Å². The molecular formula is C26H28N4O3. The number of aryl methyl sites for hydroxylation is 1. The molecule has 7 heteroatoms. The molecule has 0 atom stereocenters. The minimum Gasteiger partial charge on any atom is -0.329 e. The van der Waals surface area contributed by atoms with Crippen molar-refractivity contribution in [3.05, 3.63) is 90.5 Å². The molecule has 0 aromatic heterocycles. The van der Waals surface area contributed by atoms with E-state index in [2.05, 4.69) is 10.6 Å². The maximum absolute atomic E-state index is 13.1. The van der Waals surface area contributed by atoms with Crippen molar-refractivity contribution in [3.63, 3.8) is 0 Å². The average molecular weight is 445 g/mol. The predicted octanol–water partition coefficient (Wildman–Crippen LogP) is 4.20. The average Bonchev–Trinajstić information content (AvgIpc) is 2.83. The summed E-state index contributed by atoms with van der Waals surface area (Å²) >= 11 is 0. The molecule has 3 rings (SSSR count). The number of rotatable bonds is 8. The van der Waals surface area contributed by atoms with Gasteiger partial charge in [0.1, 0.15) is 6.54 Å². The zero-order valence-corrected chi connectivity index (χ0v) is 18.8. The number of amides is 4. The van der Waals surface area contributed by atoms with Crippen molar-refractivity contribution < 1.29 is 14.4 Å². The zero-order chi connectivity index (χ0) is 23.6. The van der Waals surface area contributed by atoms with E-state index in [1.165, 1.54) is 4.90 Å². The number of carbonyl (C=O) groups excluding carboxylic acids is 3. The number of para-hydroxylation sites is 2. The van der Waals surface area contributed by atoms with Gasteiger partial charge in [-0.05, 0) is 55.8 Å². The van der Waals surface area contributed by atoms with Crippen LogP contribution in [-0.2, 0) is 9.59 Å². The smallest absolute Gasteiger partial charge is 0.319 e. The van der Waals surface area contributed by atoms with Gasteiger partial charge in [-0.15, -0.1) is 0 Å². The van der Waals surface area contributed by atoms with Crippen molar-refractivity contribution >= 4 is 34.9 Å². The molecule has 0 aliphatic heterocycles. The number of likely N-dealkylation sites (N-methyl/N-ethyl adjacent to an activating group) is 1. The van der Waals surface area contributed by atoms with Crippen molar-refractivity contribution in [1.29, 1.82) is 0 Å². The molecule has 4 amide bonds. The van der Waals surface area contributed by atoms with E-state index in [4.69, 9.17) is 0 Å². The van der Waals surface area contributed by atoms with Crippen molar-refractivity contribution in [2.45, 2.75) is 13.8 Å². The third-order valence-electron chi connectivity index (χ3n) is 5.02. The molecule has 3 aromatic rings. The first kappa shape index (κ1) is 23.5. The van der Waals surface area contributed by atoms with Crippen LogP contribution in [-0.4, -0.2) is 37.5 Å². The third kappa shape index (κ3) is 6.67. The molecule has 0 bridgehead atoms. The Hall–Kier alpha value is -4.13. The summed E-state index contributed by atoms with van der Waals surface area (Å²) in [6, 6.07) is 25.1. The highest BCUT2D eigenvalue weighted by atomic mass is 16.2. The summed E-state index contributed by atoms with van der Waals surface area (Å²) in [5.74, 6) is -0.608. The van der Waals surface area contributed by atoms with E-state index in [1.54, 1.807) is 35.2 Å². The summed E-state index contributed by atoms with van der Waals surface area (Å²) in [6.07, 6.45) is 0. The summed E-state index contributed by atoms with van der Waals surface area (Å²) in [4.78, 5) is 41.5. The second-order valence-electron chi connectivity index (χ2n) is 7.47. The van der Waals surface area contributed by atoms with Crippen LogP contribution in [0.4, 0.5) is 21.9 Å². The van der Waals surface area contributed by atoms with Gasteiger partial charge >= 0.3 is 6.03 Å². The fraction of sp³-hybridized carbons (Fsp3) is 0.192. The van der Waals surface area contributed by atoms with Gasteiger partial charge in [-0.3, -0.25) is 9.59 Å². The monoisotopic (exact) mass is 444 g/mol. The van der Waals surface area contributed by atoms with Gasteiger partial charge in [0.15, 0.2) is 0 Å². The molecule has 33 heavy (non-hydrogen) atoms. The normalized spacial score (nSPS) is 10.2. The maximum atomic E-state index is 13.1. The summed E-state index contributed by atoms with van der Waals surface area (Å²) in [5.41, 5.74) is 3.00. The highest BCUT2D eigenvalue weighted by Crippen LogP contribution is 2.17. The summed E-state index contributed by atoms with van der Waals surface area (Å²) < 4.78 is 0. The van der Waals surface area contributed by atoms with Crippen LogP contribution in [0.25, 0.3) is 0 Å². The van der Waals surface area contributed by atoms with E-state index >= 15 is 0 Å². The standard InChI is InChI=1S/C26H28N4O3/c1-3-29(22-13-6-4-7-14-22)25(32)19-30(23-15-8-5-9-16-23)24(31)18-27-26(33)28-21-12-10-11-20(2)17-21/h4-17H,3,18-19H2,1-2H3,(H2,27,28,33). The van der Waals surface area contributed by atoms with E-state index in [1.807, 2.05) is 68.4 Å². The molecule has 0 radical (unpaired) electrons. The Balaban J connectivity index is 1.69. The molecule has 2 N–H and O–H groups in total. The minimum absolute atomic E-state index is 0.146. The zero-order valence-electron chi connectivity index (χ0n) is 18.8. The number of nitrogens with one attached hydrogen (secondary N) is 2. The molecule has 0 unspecified atom stereocenters. The van der Waals surface area contributed by atoms with Gasteiger partial charge in [-0.2, -0.15) is 0 Å².